The minimum Gasteiger partial charge on any atom is -0.491 e. The van der Waals surface area contributed by atoms with Gasteiger partial charge in [-0.1, -0.05) is 6.07 Å². The van der Waals surface area contributed by atoms with Gasteiger partial charge in [0, 0.05) is 23.5 Å². The number of anilines is 1. The third kappa shape index (κ3) is 3.85. The summed E-state index contributed by atoms with van der Waals surface area (Å²) in [4.78, 5) is 22.6. The minimum absolute atomic E-state index is 0.342. The van der Waals surface area contributed by atoms with Crippen molar-refractivity contribution in [3.8, 4) is 22.9 Å². The fourth-order valence-electron chi connectivity index (χ4n) is 3.90. The maximum absolute atomic E-state index is 12.7. The van der Waals surface area contributed by atoms with E-state index in [9.17, 15) is 18.0 Å². The van der Waals surface area contributed by atoms with E-state index in [0.29, 0.717) is 39.8 Å². The molecule has 0 saturated carbocycles. The first-order valence-electron chi connectivity index (χ1n) is 9.67. The predicted octanol–water partition coefficient (Wildman–Crippen LogP) is 3.74. The molecule has 32 heavy (non-hydrogen) atoms. The number of carbonyl (C=O) groups is 1. The average molecular weight is 447 g/mol. The average Bonchev–Trinajstić information content (AvgIpc) is 3.33. The fraction of sp³-hybridized carbons (Fsp3) is 0.333. The van der Waals surface area contributed by atoms with Crippen molar-refractivity contribution in [2.75, 3.05) is 19.1 Å². The summed E-state index contributed by atoms with van der Waals surface area (Å²) in [6.45, 7) is 0.635. The third-order valence-electron chi connectivity index (χ3n) is 5.30. The molecule has 2 atom stereocenters. The Morgan fingerprint density at radius 2 is 1.97 bits per heavy atom. The molecule has 0 radical (unpaired) electrons. The van der Waals surface area contributed by atoms with Crippen LogP contribution >= 0.6 is 0 Å². The normalized spacial score (nSPS) is 17.9. The highest BCUT2D eigenvalue weighted by molar-refractivity contribution is 5.74. The van der Waals surface area contributed by atoms with Gasteiger partial charge in [0.1, 0.15) is 18.9 Å². The zero-order chi connectivity index (χ0) is 23.0. The quantitative estimate of drug-likeness (QED) is 0.533. The number of hydrogen-bond donors (Lipinski definition) is 0. The number of aldehydes is 1. The van der Waals surface area contributed by atoms with E-state index in [-0.39, 0.29) is 6.04 Å². The number of alkyl halides is 3. The SMILES string of the molecule is COc1cc(-c2ccc3c(n2)C(C)N(c2cnn(CC(F)(F)F)c2)C3C=O)cnc1OC. The maximum Gasteiger partial charge on any atom is 0.408 e. The molecular weight excluding hydrogens is 427 g/mol. The van der Waals surface area contributed by atoms with Crippen molar-refractivity contribution in [3.05, 3.63) is 48.0 Å². The van der Waals surface area contributed by atoms with Crippen LogP contribution in [0.5, 0.6) is 11.6 Å². The number of ether oxygens (including phenoxy) is 2. The van der Waals surface area contributed by atoms with Gasteiger partial charge in [-0.15, -0.1) is 0 Å². The molecule has 4 rings (SSSR count). The molecule has 3 aromatic rings. The minimum atomic E-state index is -4.39. The summed E-state index contributed by atoms with van der Waals surface area (Å²) in [7, 11) is 3.00. The number of aromatic nitrogens is 4. The molecule has 4 heterocycles. The van der Waals surface area contributed by atoms with Crippen molar-refractivity contribution in [2.24, 2.45) is 0 Å². The molecule has 8 nitrogen and oxygen atoms in total. The van der Waals surface area contributed by atoms with E-state index in [1.807, 2.05) is 6.92 Å². The molecule has 11 heteroatoms. The second-order valence-electron chi connectivity index (χ2n) is 7.28. The van der Waals surface area contributed by atoms with Gasteiger partial charge in [-0.2, -0.15) is 18.3 Å². The highest BCUT2D eigenvalue weighted by atomic mass is 19.4. The van der Waals surface area contributed by atoms with E-state index in [1.165, 1.54) is 26.6 Å². The van der Waals surface area contributed by atoms with Crippen LogP contribution in [-0.2, 0) is 11.3 Å². The molecule has 168 valence electrons. The number of hydrogen-bond acceptors (Lipinski definition) is 7. The van der Waals surface area contributed by atoms with Crippen LogP contribution in [0.25, 0.3) is 11.3 Å². The van der Waals surface area contributed by atoms with Crippen molar-refractivity contribution in [1.29, 1.82) is 0 Å². The summed E-state index contributed by atoms with van der Waals surface area (Å²) in [6.07, 6.45) is 0.570. The van der Waals surface area contributed by atoms with Crippen molar-refractivity contribution in [2.45, 2.75) is 31.7 Å². The number of nitrogens with zero attached hydrogens (tertiary/aromatic N) is 5. The summed E-state index contributed by atoms with van der Waals surface area (Å²) in [5.41, 5.74) is 3.05. The van der Waals surface area contributed by atoms with Crippen molar-refractivity contribution < 1.29 is 27.4 Å². The molecule has 3 aromatic heterocycles. The summed E-state index contributed by atoms with van der Waals surface area (Å²) < 4.78 is 49.4. The number of methoxy groups -OCH3 is 2. The summed E-state index contributed by atoms with van der Waals surface area (Å²) >= 11 is 0. The van der Waals surface area contributed by atoms with E-state index < -0.39 is 18.8 Å². The third-order valence-corrected chi connectivity index (χ3v) is 5.30. The lowest BCUT2D eigenvalue weighted by atomic mass is 10.1. The van der Waals surface area contributed by atoms with Gasteiger partial charge in [0.05, 0.1) is 43.5 Å². The lowest BCUT2D eigenvalue weighted by molar-refractivity contribution is -0.142. The standard InChI is InChI=1S/C21H20F3N5O3/c1-12-19-15(4-5-16(27-19)13-6-18(31-2)20(32-3)25-7-13)17(10-30)29(12)14-8-26-28(9-14)11-21(22,23)24/h4-10,12,17H,11H2,1-3H3. The second-order valence-corrected chi connectivity index (χ2v) is 7.28. The maximum atomic E-state index is 12.7. The number of pyridine rings is 2. The van der Waals surface area contributed by atoms with E-state index >= 15 is 0 Å². The molecule has 1 aliphatic rings. The molecule has 0 spiro atoms. The number of fused-ring (bicyclic) bond motifs is 1. The first kappa shape index (κ1) is 21.6. The lowest BCUT2D eigenvalue weighted by Gasteiger charge is -2.25. The molecular formula is C21H20F3N5O3. The van der Waals surface area contributed by atoms with Crippen LogP contribution in [0.4, 0.5) is 18.9 Å². The Kier molecular flexibility index (Phi) is 5.49. The highest BCUT2D eigenvalue weighted by Gasteiger charge is 2.38. The second kappa shape index (κ2) is 8.13. The van der Waals surface area contributed by atoms with Gasteiger partial charge in [0.2, 0.25) is 0 Å². The summed E-state index contributed by atoms with van der Waals surface area (Å²) in [5, 5.41) is 3.80. The van der Waals surface area contributed by atoms with Crippen molar-refractivity contribution in [3.63, 3.8) is 0 Å². The zero-order valence-corrected chi connectivity index (χ0v) is 17.5. The van der Waals surface area contributed by atoms with Gasteiger partial charge in [-0.05, 0) is 19.1 Å². The first-order chi connectivity index (χ1) is 15.3. The predicted molar refractivity (Wildman–Crippen MR) is 109 cm³/mol. The Morgan fingerprint density at radius 1 is 1.19 bits per heavy atom. The molecule has 0 aliphatic carbocycles. The molecule has 0 aromatic carbocycles. The van der Waals surface area contributed by atoms with Crippen LogP contribution < -0.4 is 14.4 Å². The molecule has 0 saturated heterocycles. The van der Waals surface area contributed by atoms with E-state index in [4.69, 9.17) is 14.5 Å². The van der Waals surface area contributed by atoms with Crippen LogP contribution in [0.1, 0.15) is 30.3 Å². The Balaban J connectivity index is 1.69. The van der Waals surface area contributed by atoms with Crippen LogP contribution in [0.15, 0.2) is 36.8 Å². The van der Waals surface area contributed by atoms with E-state index in [1.54, 1.807) is 29.3 Å². The number of rotatable bonds is 6. The van der Waals surface area contributed by atoms with Crippen LogP contribution in [0.2, 0.25) is 0 Å². The van der Waals surface area contributed by atoms with Gasteiger partial charge < -0.3 is 19.2 Å². The van der Waals surface area contributed by atoms with Gasteiger partial charge in [-0.25, -0.2) is 4.98 Å². The van der Waals surface area contributed by atoms with Crippen LogP contribution in [0.3, 0.4) is 0 Å². The van der Waals surface area contributed by atoms with Crippen molar-refractivity contribution >= 4 is 12.0 Å². The molecule has 1 aliphatic heterocycles. The number of carbonyl (C=O) groups excluding carboxylic acids is 1. The highest BCUT2D eigenvalue weighted by Crippen LogP contribution is 2.44. The Hall–Kier alpha value is -3.63. The first-order valence-corrected chi connectivity index (χ1v) is 9.67. The summed E-state index contributed by atoms with van der Waals surface area (Å²) in [6, 6.07) is 4.26. The molecule has 0 amide bonds. The topological polar surface area (TPSA) is 82.4 Å². The zero-order valence-electron chi connectivity index (χ0n) is 17.5. The molecule has 2 unspecified atom stereocenters. The van der Waals surface area contributed by atoms with Gasteiger partial charge in [-0.3, -0.25) is 9.67 Å². The Labute approximate surface area is 181 Å². The van der Waals surface area contributed by atoms with E-state index in [2.05, 4.69) is 10.1 Å². The van der Waals surface area contributed by atoms with Crippen molar-refractivity contribution in [1.82, 2.24) is 19.7 Å². The summed E-state index contributed by atoms with van der Waals surface area (Å²) in [5.74, 6) is 0.790. The largest absolute Gasteiger partial charge is 0.491 e. The molecule has 0 fully saturated rings. The van der Waals surface area contributed by atoms with E-state index in [0.717, 1.165) is 11.0 Å². The fourth-order valence-corrected chi connectivity index (χ4v) is 3.90. The van der Waals surface area contributed by atoms with Gasteiger partial charge >= 0.3 is 6.18 Å². The monoisotopic (exact) mass is 447 g/mol. The van der Waals surface area contributed by atoms with Gasteiger partial charge in [0.15, 0.2) is 5.75 Å². The Bertz CT molecular complexity index is 1150. The smallest absolute Gasteiger partial charge is 0.408 e. The lowest BCUT2D eigenvalue weighted by Crippen LogP contribution is -2.25. The molecule has 0 N–H and O–H groups in total. The van der Waals surface area contributed by atoms with Gasteiger partial charge in [0.25, 0.3) is 5.88 Å². The van der Waals surface area contributed by atoms with Crippen LogP contribution in [-0.4, -0.2) is 46.4 Å². The number of halogens is 3. The molecule has 0 bridgehead atoms. The van der Waals surface area contributed by atoms with Crippen LogP contribution in [0, 0.1) is 0 Å². The Morgan fingerprint density at radius 3 is 2.62 bits per heavy atom.